The second-order valence-corrected chi connectivity index (χ2v) is 4.69. The number of hydrogen-bond donors (Lipinski definition) is 1. The molecule has 1 aromatic heterocycles. The van der Waals surface area contributed by atoms with Crippen LogP contribution >= 0.6 is 22.9 Å². The third kappa shape index (κ3) is 4.21. The van der Waals surface area contributed by atoms with Gasteiger partial charge in [-0.05, 0) is 13.3 Å². The average Bonchev–Trinajstić information content (AvgIpc) is 2.52. The molecule has 1 rings (SSSR count). The number of nitrogens with one attached hydrogen (secondary N) is 1. The molecule has 0 radical (unpaired) electrons. The molecule has 1 heterocycles. The standard InChI is InChI=1S/C8H14ClN3OS/c1-6-11-12-8(14-6)10-4-3-7(9)5-13-2/h7H,3-5H2,1-2H3,(H,10,12). The van der Waals surface area contributed by atoms with Gasteiger partial charge >= 0.3 is 0 Å². The van der Waals surface area contributed by atoms with Crippen molar-refractivity contribution in [1.82, 2.24) is 10.2 Å². The highest BCUT2D eigenvalue weighted by molar-refractivity contribution is 7.15. The first-order valence-corrected chi connectivity index (χ1v) is 5.64. The van der Waals surface area contributed by atoms with Gasteiger partial charge in [-0.2, -0.15) is 0 Å². The Kier molecular flexibility index (Phi) is 5.14. The van der Waals surface area contributed by atoms with Gasteiger partial charge in [-0.3, -0.25) is 0 Å². The summed E-state index contributed by atoms with van der Waals surface area (Å²) in [6.45, 7) is 3.31. The van der Waals surface area contributed by atoms with Gasteiger partial charge < -0.3 is 10.1 Å². The SMILES string of the molecule is COCC(Cl)CCNc1nnc(C)s1. The molecular formula is C8H14ClN3OS. The molecule has 0 aliphatic carbocycles. The summed E-state index contributed by atoms with van der Waals surface area (Å²) < 4.78 is 4.93. The zero-order chi connectivity index (χ0) is 10.4. The van der Waals surface area contributed by atoms with Gasteiger partial charge in [0.1, 0.15) is 5.01 Å². The van der Waals surface area contributed by atoms with E-state index in [2.05, 4.69) is 15.5 Å². The van der Waals surface area contributed by atoms with Crippen LogP contribution in [0.2, 0.25) is 0 Å². The molecule has 0 saturated carbocycles. The minimum atomic E-state index is 0.0570. The first-order chi connectivity index (χ1) is 6.72. The number of hydrogen-bond acceptors (Lipinski definition) is 5. The fraction of sp³-hybridized carbons (Fsp3) is 0.750. The van der Waals surface area contributed by atoms with Crippen molar-refractivity contribution in [2.24, 2.45) is 0 Å². The lowest BCUT2D eigenvalue weighted by Gasteiger charge is -2.07. The molecule has 80 valence electrons. The smallest absolute Gasteiger partial charge is 0.205 e. The van der Waals surface area contributed by atoms with Gasteiger partial charge in [0, 0.05) is 13.7 Å². The first-order valence-electron chi connectivity index (χ1n) is 4.39. The van der Waals surface area contributed by atoms with Gasteiger partial charge in [0.2, 0.25) is 5.13 Å². The Morgan fingerprint density at radius 2 is 2.36 bits per heavy atom. The fourth-order valence-electron chi connectivity index (χ4n) is 0.968. The van der Waals surface area contributed by atoms with Crippen molar-refractivity contribution in [2.45, 2.75) is 18.7 Å². The van der Waals surface area contributed by atoms with Gasteiger partial charge in [0.05, 0.1) is 12.0 Å². The van der Waals surface area contributed by atoms with Crippen molar-refractivity contribution >= 4 is 28.1 Å². The van der Waals surface area contributed by atoms with E-state index < -0.39 is 0 Å². The summed E-state index contributed by atoms with van der Waals surface area (Å²) in [5.41, 5.74) is 0. The van der Waals surface area contributed by atoms with Crippen LogP contribution in [0.5, 0.6) is 0 Å². The maximum absolute atomic E-state index is 5.95. The van der Waals surface area contributed by atoms with E-state index in [4.69, 9.17) is 16.3 Å². The van der Waals surface area contributed by atoms with Crippen LogP contribution in [0.25, 0.3) is 0 Å². The van der Waals surface area contributed by atoms with E-state index in [0.29, 0.717) is 6.61 Å². The molecule has 0 saturated heterocycles. The van der Waals surface area contributed by atoms with Crippen LogP contribution in [-0.2, 0) is 4.74 Å². The maximum Gasteiger partial charge on any atom is 0.205 e. The Hall–Kier alpha value is -0.390. The van der Waals surface area contributed by atoms with E-state index in [9.17, 15) is 0 Å². The van der Waals surface area contributed by atoms with E-state index in [1.54, 1.807) is 18.4 Å². The van der Waals surface area contributed by atoms with E-state index in [-0.39, 0.29) is 5.38 Å². The molecule has 0 fully saturated rings. The quantitative estimate of drug-likeness (QED) is 0.766. The Bertz CT molecular complexity index is 269. The van der Waals surface area contributed by atoms with Crippen LogP contribution in [-0.4, -0.2) is 35.8 Å². The van der Waals surface area contributed by atoms with Crippen LogP contribution < -0.4 is 5.32 Å². The Balaban J connectivity index is 2.15. The van der Waals surface area contributed by atoms with E-state index >= 15 is 0 Å². The van der Waals surface area contributed by atoms with E-state index in [1.807, 2.05) is 6.92 Å². The lowest BCUT2D eigenvalue weighted by Crippen LogP contribution is -2.13. The number of methoxy groups -OCH3 is 1. The van der Waals surface area contributed by atoms with Crippen LogP contribution in [0.15, 0.2) is 0 Å². The average molecular weight is 236 g/mol. The summed E-state index contributed by atoms with van der Waals surface area (Å²) in [6, 6.07) is 0. The summed E-state index contributed by atoms with van der Waals surface area (Å²) in [7, 11) is 1.65. The van der Waals surface area contributed by atoms with Gasteiger partial charge in [0.15, 0.2) is 0 Å². The van der Waals surface area contributed by atoms with Gasteiger partial charge in [-0.25, -0.2) is 0 Å². The molecular weight excluding hydrogens is 222 g/mol. The molecule has 0 bridgehead atoms. The zero-order valence-corrected chi connectivity index (χ0v) is 9.86. The predicted octanol–water partition coefficient (Wildman–Crippen LogP) is 1.90. The van der Waals surface area contributed by atoms with Crippen LogP contribution in [0.3, 0.4) is 0 Å². The molecule has 0 aromatic carbocycles. The molecule has 4 nitrogen and oxygen atoms in total. The highest BCUT2D eigenvalue weighted by Crippen LogP contribution is 2.13. The fourth-order valence-corrected chi connectivity index (χ4v) is 1.82. The van der Waals surface area contributed by atoms with E-state index in [0.717, 1.165) is 23.1 Å². The number of aromatic nitrogens is 2. The topological polar surface area (TPSA) is 47.0 Å². The Morgan fingerprint density at radius 3 is 2.93 bits per heavy atom. The molecule has 1 aromatic rings. The van der Waals surface area contributed by atoms with Gasteiger partial charge in [-0.1, -0.05) is 11.3 Å². The van der Waals surface area contributed by atoms with Crippen LogP contribution in [0.4, 0.5) is 5.13 Å². The van der Waals surface area contributed by atoms with Crippen LogP contribution in [0, 0.1) is 6.92 Å². The molecule has 1 N–H and O–H groups in total. The molecule has 0 amide bonds. The summed E-state index contributed by atoms with van der Waals surface area (Å²) in [5.74, 6) is 0. The number of aryl methyl sites for hydroxylation is 1. The molecule has 0 aliphatic rings. The normalized spacial score (nSPS) is 12.8. The summed E-state index contributed by atoms with van der Waals surface area (Å²) in [6.07, 6.45) is 0.855. The third-order valence-electron chi connectivity index (χ3n) is 1.61. The minimum absolute atomic E-state index is 0.0570. The number of rotatable bonds is 6. The number of alkyl halides is 1. The van der Waals surface area contributed by atoms with Crippen molar-refractivity contribution in [3.63, 3.8) is 0 Å². The predicted molar refractivity (Wildman–Crippen MR) is 59.3 cm³/mol. The minimum Gasteiger partial charge on any atom is -0.383 e. The Morgan fingerprint density at radius 1 is 1.57 bits per heavy atom. The van der Waals surface area contributed by atoms with Crippen molar-refractivity contribution in [2.75, 3.05) is 25.6 Å². The number of anilines is 1. The molecule has 6 heteroatoms. The lowest BCUT2D eigenvalue weighted by atomic mass is 10.3. The van der Waals surface area contributed by atoms with Crippen molar-refractivity contribution in [3.05, 3.63) is 5.01 Å². The zero-order valence-electron chi connectivity index (χ0n) is 8.29. The summed E-state index contributed by atoms with van der Waals surface area (Å²) in [5, 5.41) is 12.9. The van der Waals surface area contributed by atoms with Crippen molar-refractivity contribution in [1.29, 1.82) is 0 Å². The van der Waals surface area contributed by atoms with E-state index in [1.165, 1.54) is 0 Å². The molecule has 0 aliphatic heterocycles. The summed E-state index contributed by atoms with van der Waals surface area (Å²) >= 11 is 7.50. The lowest BCUT2D eigenvalue weighted by molar-refractivity contribution is 0.196. The maximum atomic E-state index is 5.95. The third-order valence-corrected chi connectivity index (χ3v) is 2.75. The monoisotopic (exact) mass is 235 g/mol. The molecule has 0 spiro atoms. The highest BCUT2D eigenvalue weighted by atomic mass is 35.5. The Labute approximate surface area is 92.6 Å². The number of ether oxygens (including phenoxy) is 1. The van der Waals surface area contributed by atoms with Crippen LogP contribution in [0.1, 0.15) is 11.4 Å². The first kappa shape index (κ1) is 11.7. The largest absolute Gasteiger partial charge is 0.383 e. The summed E-state index contributed by atoms with van der Waals surface area (Å²) in [4.78, 5) is 0. The number of halogens is 1. The highest BCUT2D eigenvalue weighted by Gasteiger charge is 2.04. The molecule has 1 unspecified atom stereocenters. The second-order valence-electron chi connectivity index (χ2n) is 2.89. The second kappa shape index (κ2) is 6.16. The molecule has 14 heavy (non-hydrogen) atoms. The van der Waals surface area contributed by atoms with Crippen molar-refractivity contribution < 1.29 is 4.74 Å². The van der Waals surface area contributed by atoms with Crippen molar-refractivity contribution in [3.8, 4) is 0 Å². The molecule has 1 atom stereocenters. The number of nitrogens with zero attached hydrogens (tertiary/aromatic N) is 2. The van der Waals surface area contributed by atoms with Gasteiger partial charge in [-0.15, -0.1) is 21.8 Å². The van der Waals surface area contributed by atoms with Gasteiger partial charge in [0.25, 0.3) is 0 Å².